The van der Waals surface area contributed by atoms with E-state index in [-0.39, 0.29) is 19.1 Å². The molecule has 1 N–H and O–H groups in total. The summed E-state index contributed by atoms with van der Waals surface area (Å²) in [6, 6.07) is 0. The maximum Gasteiger partial charge on any atom is 0.200 e. The summed E-state index contributed by atoms with van der Waals surface area (Å²) in [7, 11) is 2.10. The number of aliphatic hydroxyl groups excluding tert-OH is 1. The molecule has 0 aromatic rings. The van der Waals surface area contributed by atoms with Gasteiger partial charge in [0.25, 0.3) is 0 Å². The van der Waals surface area contributed by atoms with Crippen LogP contribution in [0.2, 0.25) is 0 Å². The van der Waals surface area contributed by atoms with Crippen molar-refractivity contribution in [2.24, 2.45) is 4.99 Å². The number of likely N-dealkylation sites (N-methyl/N-ethyl adjacent to an activating group) is 1. The fraction of sp³-hybridized carbons (Fsp3) is 0.944. The Bertz CT molecular complexity index is 297. The smallest absolute Gasteiger partial charge is 0.200 e. The first kappa shape index (κ1) is 21.9. The van der Waals surface area contributed by atoms with Crippen LogP contribution in [0.4, 0.5) is 0 Å². The fourth-order valence-corrected chi connectivity index (χ4v) is 3.15. The standard InChI is InChI=1S/C18H37N2O.ClH/c1-3-4-5-6-7-8-9-10-11-12-13-14-18-19-15-16-20(18,2)17-21;/h21H,3-17H2,1-2H3;1H/q+1;/p-1. The third-order valence-electron chi connectivity index (χ3n) is 4.83. The van der Waals surface area contributed by atoms with Crippen LogP contribution in [0.15, 0.2) is 4.99 Å². The number of hydrogen-bond acceptors (Lipinski definition) is 2. The lowest BCUT2D eigenvalue weighted by molar-refractivity contribution is -0.836. The van der Waals surface area contributed by atoms with Gasteiger partial charge in [-0.1, -0.05) is 71.1 Å². The van der Waals surface area contributed by atoms with Gasteiger partial charge in [0.05, 0.1) is 13.6 Å². The molecule has 0 radical (unpaired) electrons. The van der Waals surface area contributed by atoms with Crippen LogP contribution < -0.4 is 12.4 Å². The molecule has 1 aliphatic heterocycles. The fourth-order valence-electron chi connectivity index (χ4n) is 3.15. The highest BCUT2D eigenvalue weighted by Gasteiger charge is 2.31. The SMILES string of the molecule is CCCCCCCCCCCCCC1=NCC[N+]1(C)CO.[Cl-]. The number of halogens is 1. The van der Waals surface area contributed by atoms with E-state index in [4.69, 9.17) is 0 Å². The Labute approximate surface area is 144 Å². The molecule has 0 aromatic heterocycles. The maximum absolute atomic E-state index is 9.46. The molecule has 3 nitrogen and oxygen atoms in total. The lowest BCUT2D eigenvalue weighted by Gasteiger charge is -2.27. The van der Waals surface area contributed by atoms with Crippen LogP contribution in [0, 0.1) is 0 Å². The molecule has 0 saturated heterocycles. The van der Waals surface area contributed by atoms with Crippen molar-refractivity contribution in [2.45, 2.75) is 84.0 Å². The predicted molar refractivity (Wildman–Crippen MR) is 91.5 cm³/mol. The van der Waals surface area contributed by atoms with Crippen molar-refractivity contribution in [1.82, 2.24) is 0 Å². The first-order valence-electron chi connectivity index (χ1n) is 9.22. The van der Waals surface area contributed by atoms with Gasteiger partial charge in [0.15, 0.2) is 12.6 Å². The minimum atomic E-state index is 0. The van der Waals surface area contributed by atoms with E-state index in [1.54, 1.807) is 0 Å². The number of hydrogen-bond donors (Lipinski definition) is 1. The molecule has 0 spiro atoms. The topological polar surface area (TPSA) is 32.6 Å². The Kier molecular flexibility index (Phi) is 13.3. The average molecular weight is 333 g/mol. The quantitative estimate of drug-likeness (QED) is 0.402. The van der Waals surface area contributed by atoms with E-state index in [2.05, 4.69) is 19.0 Å². The van der Waals surface area contributed by atoms with Gasteiger partial charge in [-0.15, -0.1) is 0 Å². The van der Waals surface area contributed by atoms with E-state index < -0.39 is 0 Å². The van der Waals surface area contributed by atoms with Crippen LogP contribution in [0.25, 0.3) is 0 Å². The molecule has 1 unspecified atom stereocenters. The molecule has 132 valence electrons. The summed E-state index contributed by atoms with van der Waals surface area (Å²) in [5.41, 5.74) is 0. The highest BCUT2D eigenvalue weighted by Crippen LogP contribution is 2.17. The van der Waals surface area contributed by atoms with Crippen molar-refractivity contribution in [1.29, 1.82) is 0 Å². The Morgan fingerprint density at radius 3 is 1.91 bits per heavy atom. The number of amidine groups is 1. The molecule has 0 saturated carbocycles. The van der Waals surface area contributed by atoms with Gasteiger partial charge in [0, 0.05) is 6.42 Å². The summed E-state index contributed by atoms with van der Waals surface area (Å²) < 4.78 is 0.664. The van der Waals surface area contributed by atoms with Gasteiger partial charge in [0.1, 0.15) is 6.54 Å². The van der Waals surface area contributed by atoms with Crippen LogP contribution >= 0.6 is 0 Å². The van der Waals surface area contributed by atoms with E-state index in [9.17, 15) is 5.11 Å². The normalized spacial score (nSPS) is 20.8. The third kappa shape index (κ3) is 8.50. The molecule has 1 aliphatic rings. The van der Waals surface area contributed by atoms with E-state index in [0.29, 0.717) is 4.48 Å². The zero-order chi connectivity index (χ0) is 15.4. The van der Waals surface area contributed by atoms with Gasteiger partial charge in [-0.3, -0.25) is 4.48 Å². The van der Waals surface area contributed by atoms with E-state index >= 15 is 0 Å². The molecule has 1 atom stereocenters. The van der Waals surface area contributed by atoms with Crippen LogP contribution in [0.3, 0.4) is 0 Å². The summed E-state index contributed by atoms with van der Waals surface area (Å²) in [5, 5.41) is 9.46. The lowest BCUT2D eigenvalue weighted by atomic mass is 10.0. The van der Waals surface area contributed by atoms with Crippen molar-refractivity contribution in [2.75, 3.05) is 26.9 Å². The van der Waals surface area contributed by atoms with Crippen molar-refractivity contribution in [3.8, 4) is 0 Å². The van der Waals surface area contributed by atoms with Gasteiger partial charge >= 0.3 is 0 Å². The molecular formula is C18H37ClN2O. The van der Waals surface area contributed by atoms with Crippen LogP contribution in [0.1, 0.15) is 84.0 Å². The number of aliphatic imine (C=N–C) groups is 1. The van der Waals surface area contributed by atoms with E-state index in [1.807, 2.05) is 0 Å². The monoisotopic (exact) mass is 332 g/mol. The number of unbranched alkanes of at least 4 members (excludes halogenated alkanes) is 10. The molecule has 0 aliphatic carbocycles. The lowest BCUT2D eigenvalue weighted by Crippen LogP contribution is -3.00. The van der Waals surface area contributed by atoms with E-state index in [0.717, 1.165) is 19.5 Å². The molecule has 0 aromatic carbocycles. The zero-order valence-corrected chi connectivity index (χ0v) is 15.6. The Hall–Kier alpha value is -0.120. The van der Waals surface area contributed by atoms with Crippen LogP contribution in [-0.4, -0.2) is 42.3 Å². The van der Waals surface area contributed by atoms with Crippen molar-refractivity contribution in [3.63, 3.8) is 0 Å². The molecule has 0 amide bonds. The first-order valence-corrected chi connectivity index (χ1v) is 9.22. The predicted octanol–water partition coefficient (Wildman–Crippen LogP) is 1.50. The molecule has 1 heterocycles. The van der Waals surface area contributed by atoms with E-state index in [1.165, 1.54) is 76.5 Å². The highest BCUT2D eigenvalue weighted by molar-refractivity contribution is 5.76. The molecule has 0 bridgehead atoms. The molecule has 1 rings (SSSR count). The summed E-state index contributed by atoms with van der Waals surface area (Å²) >= 11 is 0. The number of nitrogens with zero attached hydrogens (tertiary/aromatic N) is 2. The summed E-state index contributed by atoms with van der Waals surface area (Å²) in [4.78, 5) is 4.57. The van der Waals surface area contributed by atoms with Gasteiger partial charge in [0.2, 0.25) is 0 Å². The van der Waals surface area contributed by atoms with Crippen LogP contribution in [-0.2, 0) is 0 Å². The maximum atomic E-state index is 9.46. The number of rotatable bonds is 13. The second-order valence-electron chi connectivity index (χ2n) is 6.84. The second kappa shape index (κ2) is 13.3. The largest absolute Gasteiger partial charge is 1.00 e. The van der Waals surface area contributed by atoms with Gasteiger partial charge in [-0.05, 0) is 6.42 Å². The first-order chi connectivity index (χ1) is 10.2. The summed E-state index contributed by atoms with van der Waals surface area (Å²) in [6.45, 7) is 4.35. The molecular weight excluding hydrogens is 296 g/mol. The minimum absolute atomic E-state index is 0. The Balaban J connectivity index is 0.00000441. The highest BCUT2D eigenvalue weighted by atomic mass is 35.5. The van der Waals surface area contributed by atoms with Crippen molar-refractivity contribution in [3.05, 3.63) is 0 Å². The molecule has 0 fully saturated rings. The van der Waals surface area contributed by atoms with Crippen molar-refractivity contribution < 1.29 is 22.0 Å². The Morgan fingerprint density at radius 2 is 1.41 bits per heavy atom. The second-order valence-corrected chi connectivity index (χ2v) is 6.84. The minimum Gasteiger partial charge on any atom is -1.00 e. The van der Waals surface area contributed by atoms with Crippen molar-refractivity contribution >= 4 is 5.84 Å². The number of quaternary nitrogens is 1. The molecule has 4 heteroatoms. The average Bonchev–Trinajstić information content (AvgIpc) is 2.86. The van der Waals surface area contributed by atoms with Gasteiger partial charge < -0.3 is 17.5 Å². The summed E-state index contributed by atoms with van der Waals surface area (Å²) in [5.74, 6) is 1.22. The third-order valence-corrected chi connectivity index (χ3v) is 4.83. The molecule has 22 heavy (non-hydrogen) atoms. The zero-order valence-electron chi connectivity index (χ0n) is 14.8. The van der Waals surface area contributed by atoms with Gasteiger partial charge in [-0.2, -0.15) is 0 Å². The Morgan fingerprint density at radius 1 is 0.909 bits per heavy atom. The van der Waals surface area contributed by atoms with Gasteiger partial charge in [-0.25, -0.2) is 4.99 Å². The summed E-state index contributed by atoms with van der Waals surface area (Å²) in [6.07, 6.45) is 16.3. The van der Waals surface area contributed by atoms with Crippen LogP contribution in [0.5, 0.6) is 0 Å². The number of aliphatic hydroxyl groups is 1.